The number of benzene rings is 2. The molecule has 0 radical (unpaired) electrons. The van der Waals surface area contributed by atoms with Gasteiger partial charge in [0.05, 0.1) is 6.42 Å². The number of carbonyl (C=O) groups excluding carboxylic acids is 1. The molecule has 0 spiro atoms. The van der Waals surface area contributed by atoms with Crippen molar-refractivity contribution in [2.45, 2.75) is 46.3 Å². The third kappa shape index (κ3) is 5.85. The van der Waals surface area contributed by atoms with Crippen LogP contribution in [0.1, 0.15) is 37.5 Å². The van der Waals surface area contributed by atoms with Gasteiger partial charge in [0.1, 0.15) is 12.2 Å². The summed E-state index contributed by atoms with van der Waals surface area (Å²) < 4.78 is 25.8. The molecule has 0 saturated heterocycles. The predicted octanol–water partition coefficient (Wildman–Crippen LogP) is 5.36. The summed E-state index contributed by atoms with van der Waals surface area (Å²) in [5, 5.41) is 0. The van der Waals surface area contributed by atoms with Gasteiger partial charge in [-0.1, -0.05) is 40.2 Å². The number of halogens is 2. The maximum Gasteiger partial charge on any atom is 0.310 e. The standard InChI is InChI=1S/C20H22BrFO3/c1-13-16(21)8-9-17(19(13)22)24-12-15-7-5-6-14(10-15)11-18(23)25-20(2,3)4/h5-10H,11-12H2,1-4H3. The zero-order chi connectivity index (χ0) is 18.6. The summed E-state index contributed by atoms with van der Waals surface area (Å²) in [5.74, 6) is -0.447. The van der Waals surface area contributed by atoms with Crippen LogP contribution in [0.4, 0.5) is 4.39 Å². The maximum atomic E-state index is 14.2. The lowest BCUT2D eigenvalue weighted by atomic mass is 10.1. The number of hydrogen-bond donors (Lipinski definition) is 0. The second-order valence-corrected chi connectivity index (χ2v) is 7.71. The SMILES string of the molecule is Cc1c(Br)ccc(OCc2cccc(CC(=O)OC(C)(C)C)c2)c1F. The molecule has 2 rings (SSSR count). The third-order valence-corrected chi connectivity index (χ3v) is 4.30. The van der Waals surface area contributed by atoms with E-state index in [4.69, 9.17) is 9.47 Å². The lowest BCUT2D eigenvalue weighted by Crippen LogP contribution is -2.24. The Balaban J connectivity index is 2.02. The highest BCUT2D eigenvalue weighted by molar-refractivity contribution is 9.10. The molecular formula is C20H22BrFO3. The van der Waals surface area contributed by atoms with Gasteiger partial charge in [-0.2, -0.15) is 0 Å². The first-order chi connectivity index (χ1) is 11.7. The summed E-state index contributed by atoms with van der Waals surface area (Å²) in [6.07, 6.45) is 0.191. The average molecular weight is 409 g/mol. The monoisotopic (exact) mass is 408 g/mol. The van der Waals surface area contributed by atoms with Crippen LogP contribution in [-0.2, 0) is 22.6 Å². The largest absolute Gasteiger partial charge is 0.486 e. The van der Waals surface area contributed by atoms with Gasteiger partial charge >= 0.3 is 5.97 Å². The van der Waals surface area contributed by atoms with Crippen molar-refractivity contribution >= 4 is 21.9 Å². The summed E-state index contributed by atoms with van der Waals surface area (Å²) >= 11 is 3.29. The van der Waals surface area contributed by atoms with E-state index in [1.165, 1.54) is 0 Å². The topological polar surface area (TPSA) is 35.5 Å². The van der Waals surface area contributed by atoms with Gasteiger partial charge in [-0.15, -0.1) is 0 Å². The molecule has 5 heteroatoms. The Morgan fingerprint density at radius 2 is 1.84 bits per heavy atom. The highest BCUT2D eigenvalue weighted by Gasteiger charge is 2.16. The molecule has 0 aliphatic carbocycles. The van der Waals surface area contributed by atoms with Crippen LogP contribution in [0.25, 0.3) is 0 Å². The Labute approximate surface area is 156 Å². The minimum Gasteiger partial charge on any atom is -0.486 e. The van der Waals surface area contributed by atoms with E-state index in [1.54, 1.807) is 19.1 Å². The molecule has 2 aromatic rings. The summed E-state index contributed by atoms with van der Waals surface area (Å²) in [6, 6.07) is 10.8. The second-order valence-electron chi connectivity index (χ2n) is 6.86. The van der Waals surface area contributed by atoms with Gasteiger partial charge < -0.3 is 9.47 Å². The van der Waals surface area contributed by atoms with Gasteiger partial charge in [0.25, 0.3) is 0 Å². The van der Waals surface area contributed by atoms with E-state index in [0.29, 0.717) is 10.0 Å². The van der Waals surface area contributed by atoms with Crippen LogP contribution in [0.15, 0.2) is 40.9 Å². The fraction of sp³-hybridized carbons (Fsp3) is 0.350. The van der Waals surface area contributed by atoms with E-state index < -0.39 is 5.60 Å². The molecule has 0 fully saturated rings. The van der Waals surface area contributed by atoms with E-state index in [1.807, 2.05) is 45.0 Å². The fourth-order valence-corrected chi connectivity index (χ4v) is 2.59. The number of ether oxygens (including phenoxy) is 2. The quantitative estimate of drug-likeness (QED) is 0.624. The first-order valence-electron chi connectivity index (χ1n) is 8.03. The van der Waals surface area contributed by atoms with E-state index in [0.717, 1.165) is 11.1 Å². The second kappa shape index (κ2) is 8.00. The summed E-state index contributed by atoms with van der Waals surface area (Å²) in [4.78, 5) is 11.9. The van der Waals surface area contributed by atoms with Gasteiger partial charge in [0, 0.05) is 10.0 Å². The summed E-state index contributed by atoms with van der Waals surface area (Å²) in [6.45, 7) is 7.42. The molecule has 25 heavy (non-hydrogen) atoms. The van der Waals surface area contributed by atoms with Crippen molar-refractivity contribution < 1.29 is 18.7 Å². The van der Waals surface area contributed by atoms with Crippen molar-refractivity contribution in [3.8, 4) is 5.75 Å². The molecule has 0 atom stereocenters. The van der Waals surface area contributed by atoms with Crippen molar-refractivity contribution in [2.24, 2.45) is 0 Å². The van der Waals surface area contributed by atoms with Crippen molar-refractivity contribution in [3.63, 3.8) is 0 Å². The van der Waals surface area contributed by atoms with Crippen LogP contribution in [0, 0.1) is 12.7 Å². The first-order valence-corrected chi connectivity index (χ1v) is 8.82. The van der Waals surface area contributed by atoms with Crippen LogP contribution < -0.4 is 4.74 Å². The molecule has 0 unspecified atom stereocenters. The highest BCUT2D eigenvalue weighted by Crippen LogP contribution is 2.27. The Morgan fingerprint density at radius 3 is 2.52 bits per heavy atom. The summed E-state index contributed by atoms with van der Waals surface area (Å²) in [5.41, 5.74) is 1.70. The molecule has 0 bridgehead atoms. The van der Waals surface area contributed by atoms with Gasteiger partial charge in [-0.05, 0) is 51.0 Å². The van der Waals surface area contributed by atoms with Crippen LogP contribution >= 0.6 is 15.9 Å². The highest BCUT2D eigenvalue weighted by atomic mass is 79.9. The molecule has 2 aromatic carbocycles. The molecule has 0 heterocycles. The minimum absolute atomic E-state index is 0.191. The fourth-order valence-electron chi connectivity index (χ4n) is 2.28. The van der Waals surface area contributed by atoms with Crippen LogP contribution in [-0.4, -0.2) is 11.6 Å². The van der Waals surface area contributed by atoms with Gasteiger partial charge in [-0.25, -0.2) is 4.39 Å². The van der Waals surface area contributed by atoms with Gasteiger partial charge in [0.2, 0.25) is 0 Å². The van der Waals surface area contributed by atoms with Crippen LogP contribution in [0.5, 0.6) is 5.75 Å². The van der Waals surface area contributed by atoms with Gasteiger partial charge in [0.15, 0.2) is 11.6 Å². The number of hydrogen-bond acceptors (Lipinski definition) is 3. The van der Waals surface area contributed by atoms with E-state index in [9.17, 15) is 9.18 Å². The molecule has 0 aliphatic heterocycles. The first kappa shape index (κ1) is 19.4. The van der Waals surface area contributed by atoms with Gasteiger partial charge in [-0.3, -0.25) is 4.79 Å². The minimum atomic E-state index is -0.505. The van der Waals surface area contributed by atoms with Crippen molar-refractivity contribution in [1.82, 2.24) is 0 Å². The zero-order valence-electron chi connectivity index (χ0n) is 14.9. The molecular weight excluding hydrogens is 387 g/mol. The Bertz CT molecular complexity index is 766. The molecule has 0 N–H and O–H groups in total. The Kier molecular flexibility index (Phi) is 6.22. The molecule has 0 amide bonds. The maximum absolute atomic E-state index is 14.2. The van der Waals surface area contributed by atoms with Crippen LogP contribution in [0.2, 0.25) is 0 Å². The molecule has 134 valence electrons. The number of esters is 1. The average Bonchev–Trinajstić information content (AvgIpc) is 2.50. The van der Waals surface area contributed by atoms with E-state index >= 15 is 0 Å². The van der Waals surface area contributed by atoms with Crippen molar-refractivity contribution in [2.75, 3.05) is 0 Å². The third-order valence-electron chi connectivity index (χ3n) is 3.44. The summed E-state index contributed by atoms with van der Waals surface area (Å²) in [7, 11) is 0. The van der Waals surface area contributed by atoms with E-state index in [-0.39, 0.29) is 30.6 Å². The lowest BCUT2D eigenvalue weighted by Gasteiger charge is -2.19. The molecule has 0 aliphatic rings. The number of carbonyl (C=O) groups is 1. The Hall–Kier alpha value is -1.88. The predicted molar refractivity (Wildman–Crippen MR) is 99.2 cm³/mol. The van der Waals surface area contributed by atoms with Crippen molar-refractivity contribution in [1.29, 1.82) is 0 Å². The Morgan fingerprint density at radius 1 is 1.16 bits per heavy atom. The zero-order valence-corrected chi connectivity index (χ0v) is 16.4. The lowest BCUT2D eigenvalue weighted by molar-refractivity contribution is -0.153. The smallest absolute Gasteiger partial charge is 0.310 e. The van der Waals surface area contributed by atoms with E-state index in [2.05, 4.69) is 15.9 Å². The normalized spacial score (nSPS) is 11.3. The number of rotatable bonds is 5. The van der Waals surface area contributed by atoms with Crippen molar-refractivity contribution in [3.05, 3.63) is 63.4 Å². The molecule has 0 aromatic heterocycles. The van der Waals surface area contributed by atoms with Crippen LogP contribution in [0.3, 0.4) is 0 Å². The molecule has 3 nitrogen and oxygen atoms in total. The molecule has 0 saturated carbocycles.